The second kappa shape index (κ2) is 7.75. The van der Waals surface area contributed by atoms with E-state index in [1.807, 2.05) is 4.90 Å². The van der Waals surface area contributed by atoms with Gasteiger partial charge in [-0.3, -0.25) is 4.79 Å². The van der Waals surface area contributed by atoms with Gasteiger partial charge in [0.1, 0.15) is 23.5 Å². The van der Waals surface area contributed by atoms with Crippen molar-refractivity contribution in [1.82, 2.24) is 14.9 Å². The lowest BCUT2D eigenvalue weighted by Crippen LogP contribution is -2.48. The van der Waals surface area contributed by atoms with Crippen LogP contribution in [-0.4, -0.2) is 47.0 Å². The molecule has 0 saturated carbocycles. The predicted octanol–water partition coefficient (Wildman–Crippen LogP) is 4.06. The second-order valence-corrected chi connectivity index (χ2v) is 7.04. The lowest BCUT2D eigenvalue weighted by Gasteiger charge is -2.35. The number of carbonyl (C=O) groups is 1. The van der Waals surface area contributed by atoms with Crippen LogP contribution < -0.4 is 4.90 Å². The average molecular weight is 415 g/mol. The first-order chi connectivity index (χ1) is 14.0. The molecule has 1 amide bonds. The van der Waals surface area contributed by atoms with E-state index in [-0.39, 0.29) is 27.6 Å². The van der Waals surface area contributed by atoms with Crippen LogP contribution in [0.15, 0.2) is 49.3 Å². The van der Waals surface area contributed by atoms with Gasteiger partial charge in [-0.1, -0.05) is 36.4 Å². The third-order valence-corrected chi connectivity index (χ3v) is 5.31. The van der Waals surface area contributed by atoms with Gasteiger partial charge in [-0.15, -0.1) is 0 Å². The number of anilines is 1. The highest BCUT2D eigenvalue weighted by molar-refractivity contribution is 6.34. The number of hydrogen-bond donors (Lipinski definition) is 0. The molecule has 3 aromatic rings. The van der Waals surface area contributed by atoms with Gasteiger partial charge in [0.25, 0.3) is 0 Å². The van der Waals surface area contributed by atoms with Crippen LogP contribution in [0.3, 0.4) is 0 Å². The fourth-order valence-corrected chi connectivity index (χ4v) is 3.84. The maximum atomic E-state index is 15.3. The zero-order chi connectivity index (χ0) is 20.5. The molecule has 0 bridgehead atoms. The lowest BCUT2D eigenvalue weighted by molar-refractivity contribution is -0.126. The molecular weight excluding hydrogens is 398 g/mol. The van der Waals surface area contributed by atoms with Crippen LogP contribution in [0.5, 0.6) is 0 Å². The van der Waals surface area contributed by atoms with Crippen LogP contribution in [0.4, 0.5) is 14.6 Å². The Morgan fingerprint density at radius 1 is 1.14 bits per heavy atom. The van der Waals surface area contributed by atoms with E-state index in [1.54, 1.807) is 17.0 Å². The Labute approximate surface area is 171 Å². The molecule has 1 fully saturated rings. The zero-order valence-corrected chi connectivity index (χ0v) is 16.2. The summed E-state index contributed by atoms with van der Waals surface area (Å²) in [5.74, 6) is -0.853. The molecule has 1 aliphatic heterocycles. The first kappa shape index (κ1) is 19.3. The van der Waals surface area contributed by atoms with Crippen molar-refractivity contribution in [2.45, 2.75) is 0 Å². The van der Waals surface area contributed by atoms with Gasteiger partial charge in [0.2, 0.25) is 5.91 Å². The van der Waals surface area contributed by atoms with E-state index in [0.717, 1.165) is 0 Å². The number of aromatic nitrogens is 2. The number of hydrogen-bond acceptors (Lipinski definition) is 4. The molecule has 0 aliphatic carbocycles. The van der Waals surface area contributed by atoms with Gasteiger partial charge in [0, 0.05) is 42.7 Å². The monoisotopic (exact) mass is 414 g/mol. The van der Waals surface area contributed by atoms with Gasteiger partial charge in [0.15, 0.2) is 5.82 Å². The van der Waals surface area contributed by atoms with Gasteiger partial charge in [-0.05, 0) is 18.2 Å². The molecule has 5 nitrogen and oxygen atoms in total. The fraction of sp³-hybridized carbons (Fsp3) is 0.190. The van der Waals surface area contributed by atoms with Crippen LogP contribution in [0.2, 0.25) is 5.02 Å². The Morgan fingerprint density at radius 2 is 1.86 bits per heavy atom. The third kappa shape index (κ3) is 3.42. The van der Waals surface area contributed by atoms with Crippen molar-refractivity contribution in [2.75, 3.05) is 31.1 Å². The van der Waals surface area contributed by atoms with Crippen LogP contribution in [0, 0.1) is 11.6 Å². The molecule has 148 valence electrons. The van der Waals surface area contributed by atoms with E-state index in [1.165, 1.54) is 30.6 Å². The summed E-state index contributed by atoms with van der Waals surface area (Å²) in [5.41, 5.74) is 0.124. The van der Waals surface area contributed by atoms with Crippen molar-refractivity contribution in [3.05, 3.63) is 66.0 Å². The lowest BCUT2D eigenvalue weighted by atomic mass is 10.0. The fourth-order valence-electron chi connectivity index (χ4n) is 3.55. The zero-order valence-electron chi connectivity index (χ0n) is 15.4. The number of nitrogens with zero attached hydrogens (tertiary/aromatic N) is 4. The molecule has 0 atom stereocenters. The molecule has 2 heterocycles. The molecule has 29 heavy (non-hydrogen) atoms. The minimum atomic E-state index is -0.693. The van der Waals surface area contributed by atoms with Crippen LogP contribution >= 0.6 is 11.6 Å². The number of rotatable bonds is 3. The number of amides is 1. The molecule has 8 heteroatoms. The first-order valence-corrected chi connectivity index (χ1v) is 9.43. The average Bonchev–Trinajstić information content (AvgIpc) is 2.74. The number of benzene rings is 2. The Hall–Kier alpha value is -3.06. The quantitative estimate of drug-likeness (QED) is 0.606. The van der Waals surface area contributed by atoms with Crippen molar-refractivity contribution < 1.29 is 13.6 Å². The van der Waals surface area contributed by atoms with E-state index in [0.29, 0.717) is 37.4 Å². The van der Waals surface area contributed by atoms with Crippen LogP contribution in [0.25, 0.3) is 22.0 Å². The number of piperazine rings is 1. The van der Waals surface area contributed by atoms with Crippen molar-refractivity contribution in [2.24, 2.45) is 0 Å². The van der Waals surface area contributed by atoms with Crippen LogP contribution in [0.1, 0.15) is 0 Å². The topological polar surface area (TPSA) is 49.3 Å². The van der Waals surface area contributed by atoms with Crippen molar-refractivity contribution in [1.29, 1.82) is 0 Å². The third-order valence-electron chi connectivity index (χ3n) is 5.01. The highest BCUT2D eigenvalue weighted by atomic mass is 35.5. The van der Waals surface area contributed by atoms with Crippen molar-refractivity contribution >= 4 is 34.2 Å². The summed E-state index contributed by atoms with van der Waals surface area (Å²) < 4.78 is 29.6. The van der Waals surface area contributed by atoms with Crippen LogP contribution in [-0.2, 0) is 4.79 Å². The summed E-state index contributed by atoms with van der Waals surface area (Å²) in [5, 5.41) is 0.523. The van der Waals surface area contributed by atoms with E-state index in [9.17, 15) is 9.18 Å². The van der Waals surface area contributed by atoms with Gasteiger partial charge < -0.3 is 9.80 Å². The number of fused-ring (bicyclic) bond motifs is 1. The molecule has 2 aromatic carbocycles. The molecule has 0 radical (unpaired) electrons. The summed E-state index contributed by atoms with van der Waals surface area (Å²) in [6, 6.07) is 7.45. The van der Waals surface area contributed by atoms with E-state index in [2.05, 4.69) is 16.5 Å². The largest absolute Gasteiger partial charge is 0.352 e. The molecule has 1 saturated heterocycles. The minimum absolute atomic E-state index is 0.0247. The molecule has 4 rings (SSSR count). The maximum Gasteiger partial charge on any atom is 0.246 e. The summed E-state index contributed by atoms with van der Waals surface area (Å²) >= 11 is 6.36. The van der Waals surface area contributed by atoms with E-state index >= 15 is 4.39 Å². The van der Waals surface area contributed by atoms with Gasteiger partial charge in [0.05, 0.1) is 5.02 Å². The highest BCUT2D eigenvalue weighted by Gasteiger charge is 2.25. The van der Waals surface area contributed by atoms with Gasteiger partial charge in [-0.2, -0.15) is 0 Å². The summed E-state index contributed by atoms with van der Waals surface area (Å²) in [6.07, 6.45) is 2.57. The van der Waals surface area contributed by atoms with Gasteiger partial charge in [-0.25, -0.2) is 18.7 Å². The van der Waals surface area contributed by atoms with E-state index in [4.69, 9.17) is 11.6 Å². The minimum Gasteiger partial charge on any atom is -0.352 e. The highest BCUT2D eigenvalue weighted by Crippen LogP contribution is 2.38. The molecule has 1 aliphatic rings. The summed E-state index contributed by atoms with van der Waals surface area (Å²) in [6.45, 7) is 5.56. The molecular formula is C21H17ClF2N4O. The maximum absolute atomic E-state index is 15.3. The Balaban J connectivity index is 1.76. The smallest absolute Gasteiger partial charge is 0.246 e. The predicted molar refractivity (Wildman–Crippen MR) is 109 cm³/mol. The Bertz CT molecular complexity index is 1110. The van der Waals surface area contributed by atoms with E-state index < -0.39 is 11.6 Å². The SMILES string of the molecule is C=CC(=O)N1CCN(c2ncnc3c(F)c(-c4ccccc4F)c(Cl)cc23)CC1. The summed E-state index contributed by atoms with van der Waals surface area (Å²) in [7, 11) is 0. The molecule has 0 spiro atoms. The first-order valence-electron chi connectivity index (χ1n) is 9.05. The Morgan fingerprint density at radius 3 is 2.55 bits per heavy atom. The van der Waals surface area contributed by atoms with Gasteiger partial charge >= 0.3 is 0 Å². The molecule has 0 N–H and O–H groups in total. The number of halogens is 3. The standard InChI is InChI=1S/C21H17ClF2N4O/c1-2-17(29)27-7-9-28(10-8-27)21-14-11-15(22)18(13-5-3-4-6-16(13)23)19(24)20(14)25-12-26-21/h2-6,11-12H,1,7-10H2. The normalized spacial score (nSPS) is 14.3. The Kier molecular flexibility index (Phi) is 5.15. The number of carbonyl (C=O) groups excluding carboxylic acids is 1. The van der Waals surface area contributed by atoms with Crippen molar-refractivity contribution in [3.8, 4) is 11.1 Å². The second-order valence-electron chi connectivity index (χ2n) is 6.64. The molecule has 1 aromatic heterocycles. The van der Waals surface area contributed by atoms with Crippen molar-refractivity contribution in [3.63, 3.8) is 0 Å². The molecule has 0 unspecified atom stereocenters. The summed E-state index contributed by atoms with van der Waals surface area (Å²) in [4.78, 5) is 23.8.